The van der Waals surface area contributed by atoms with E-state index in [0.717, 1.165) is 30.5 Å². The Kier molecular flexibility index (Phi) is 2.74. The molecule has 0 atom stereocenters. The van der Waals surface area contributed by atoms with Crippen molar-refractivity contribution >= 4 is 11.6 Å². The van der Waals surface area contributed by atoms with Crippen molar-refractivity contribution in [3.63, 3.8) is 0 Å². The fraction of sp³-hybridized carbons (Fsp3) is 0.308. The largest absolute Gasteiger partial charge is 0.481 e. The van der Waals surface area contributed by atoms with Gasteiger partial charge in [0.1, 0.15) is 11.5 Å². The number of methoxy groups -OCH3 is 1. The van der Waals surface area contributed by atoms with Crippen molar-refractivity contribution in [2.45, 2.75) is 19.3 Å². The molecule has 1 aromatic carbocycles. The fourth-order valence-electron chi connectivity index (χ4n) is 2.39. The summed E-state index contributed by atoms with van der Waals surface area (Å²) in [5, 5.41) is 4.80. The monoisotopic (exact) mass is 266 g/mol. The zero-order chi connectivity index (χ0) is 12.7. The minimum atomic E-state index is -0.401. The Morgan fingerprint density at radius 3 is 2.94 bits per heavy atom. The highest BCUT2D eigenvalue weighted by atomic mass is 35.5. The molecule has 94 valence electrons. The van der Waals surface area contributed by atoms with Crippen LogP contribution >= 0.6 is 11.6 Å². The van der Waals surface area contributed by atoms with E-state index < -0.39 is 5.82 Å². The molecule has 18 heavy (non-hydrogen) atoms. The molecule has 0 radical (unpaired) electrons. The Morgan fingerprint density at radius 1 is 1.39 bits per heavy atom. The molecule has 0 amide bonds. The van der Waals surface area contributed by atoms with Crippen molar-refractivity contribution in [3.8, 4) is 11.6 Å². The molecule has 0 saturated heterocycles. The Balaban J connectivity index is 2.17. The van der Waals surface area contributed by atoms with Gasteiger partial charge in [0, 0.05) is 10.6 Å². The van der Waals surface area contributed by atoms with Gasteiger partial charge < -0.3 is 4.74 Å². The number of aryl methyl sites for hydroxylation is 1. The van der Waals surface area contributed by atoms with E-state index in [1.165, 1.54) is 10.7 Å². The topological polar surface area (TPSA) is 27.1 Å². The van der Waals surface area contributed by atoms with Crippen LogP contribution in [0.1, 0.15) is 17.7 Å². The van der Waals surface area contributed by atoms with Gasteiger partial charge in [0.15, 0.2) is 0 Å². The van der Waals surface area contributed by atoms with Crippen LogP contribution in [0, 0.1) is 5.82 Å². The second-order valence-corrected chi connectivity index (χ2v) is 4.73. The summed E-state index contributed by atoms with van der Waals surface area (Å²) in [6, 6.07) is 4.54. The Bertz CT molecular complexity index is 609. The van der Waals surface area contributed by atoms with Crippen molar-refractivity contribution in [3.05, 3.63) is 40.3 Å². The van der Waals surface area contributed by atoms with Crippen molar-refractivity contribution in [1.82, 2.24) is 9.78 Å². The molecular weight excluding hydrogens is 255 g/mol. The lowest BCUT2D eigenvalue weighted by atomic mass is 10.2. The summed E-state index contributed by atoms with van der Waals surface area (Å²) < 4.78 is 20.8. The summed E-state index contributed by atoms with van der Waals surface area (Å²) in [5.74, 6) is 0.227. The van der Waals surface area contributed by atoms with Gasteiger partial charge in [-0.1, -0.05) is 11.6 Å². The third-order valence-corrected chi connectivity index (χ3v) is 3.43. The van der Waals surface area contributed by atoms with Gasteiger partial charge in [-0.05, 0) is 37.5 Å². The fourth-order valence-corrected chi connectivity index (χ4v) is 2.55. The number of ether oxygens (including phenoxy) is 1. The number of rotatable bonds is 2. The van der Waals surface area contributed by atoms with Crippen molar-refractivity contribution in [2.24, 2.45) is 0 Å². The van der Waals surface area contributed by atoms with Gasteiger partial charge in [-0.25, -0.2) is 4.39 Å². The maximum absolute atomic E-state index is 13.9. The van der Waals surface area contributed by atoms with E-state index in [4.69, 9.17) is 16.3 Å². The number of benzene rings is 1. The Hall–Kier alpha value is -1.55. The average Bonchev–Trinajstić information content (AvgIpc) is 2.88. The molecule has 3 rings (SSSR count). The molecule has 0 bridgehead atoms. The van der Waals surface area contributed by atoms with Crippen LogP contribution in [0.5, 0.6) is 5.88 Å². The van der Waals surface area contributed by atoms with Crippen LogP contribution in [0.25, 0.3) is 5.69 Å². The maximum atomic E-state index is 13.9. The summed E-state index contributed by atoms with van der Waals surface area (Å²) in [4.78, 5) is 0. The van der Waals surface area contributed by atoms with Crippen molar-refractivity contribution in [2.75, 3.05) is 7.11 Å². The number of hydrogen-bond acceptors (Lipinski definition) is 2. The van der Waals surface area contributed by atoms with Gasteiger partial charge in [-0.15, -0.1) is 0 Å². The molecule has 0 spiro atoms. The lowest BCUT2D eigenvalue weighted by Gasteiger charge is -2.08. The molecule has 2 aromatic rings. The van der Waals surface area contributed by atoms with E-state index in [-0.39, 0.29) is 0 Å². The maximum Gasteiger partial charge on any atom is 0.220 e. The van der Waals surface area contributed by atoms with E-state index in [1.807, 2.05) is 0 Å². The molecule has 0 N–H and O–H groups in total. The van der Waals surface area contributed by atoms with Crippen LogP contribution in [0.4, 0.5) is 4.39 Å². The first-order valence-corrected chi connectivity index (χ1v) is 6.18. The summed E-state index contributed by atoms with van der Waals surface area (Å²) in [6.07, 6.45) is 2.94. The van der Waals surface area contributed by atoms with Gasteiger partial charge in [-0.3, -0.25) is 0 Å². The van der Waals surface area contributed by atoms with Crippen LogP contribution in [0.15, 0.2) is 18.2 Å². The van der Waals surface area contributed by atoms with Crippen LogP contribution in [0.2, 0.25) is 5.02 Å². The quantitative estimate of drug-likeness (QED) is 0.835. The molecule has 0 saturated carbocycles. The van der Waals surface area contributed by atoms with Crippen LogP contribution in [-0.4, -0.2) is 16.9 Å². The highest BCUT2D eigenvalue weighted by Crippen LogP contribution is 2.33. The van der Waals surface area contributed by atoms with E-state index in [9.17, 15) is 4.39 Å². The number of hydrogen-bond donors (Lipinski definition) is 0. The van der Waals surface area contributed by atoms with E-state index in [0.29, 0.717) is 16.6 Å². The van der Waals surface area contributed by atoms with Crippen LogP contribution < -0.4 is 4.74 Å². The minimum absolute atomic E-state index is 0.366. The zero-order valence-electron chi connectivity index (χ0n) is 9.91. The lowest BCUT2D eigenvalue weighted by Crippen LogP contribution is -2.04. The second-order valence-electron chi connectivity index (χ2n) is 4.30. The molecular formula is C13H12ClFN2O. The van der Waals surface area contributed by atoms with Gasteiger partial charge in [0.05, 0.1) is 12.8 Å². The number of halogens is 2. The number of nitrogens with zero attached hydrogens (tertiary/aromatic N) is 2. The molecule has 1 aliphatic carbocycles. The highest BCUT2D eigenvalue weighted by molar-refractivity contribution is 6.30. The zero-order valence-corrected chi connectivity index (χ0v) is 10.7. The Labute approximate surface area is 109 Å². The summed E-state index contributed by atoms with van der Waals surface area (Å²) >= 11 is 5.75. The average molecular weight is 267 g/mol. The van der Waals surface area contributed by atoms with E-state index in [2.05, 4.69) is 5.10 Å². The van der Waals surface area contributed by atoms with Crippen LogP contribution in [0.3, 0.4) is 0 Å². The first-order chi connectivity index (χ1) is 8.70. The standard InChI is InChI=1S/C13H12ClFN2O/c1-18-13-9-3-2-4-11(9)16-17(13)12-6-5-8(14)7-10(12)15/h5-7H,2-4H2,1H3. The first-order valence-electron chi connectivity index (χ1n) is 5.81. The summed E-state index contributed by atoms with van der Waals surface area (Å²) in [5.41, 5.74) is 2.46. The third-order valence-electron chi connectivity index (χ3n) is 3.19. The summed E-state index contributed by atoms with van der Waals surface area (Å²) in [7, 11) is 1.58. The predicted molar refractivity (Wildman–Crippen MR) is 67.1 cm³/mol. The minimum Gasteiger partial charge on any atom is -0.481 e. The normalized spacial score (nSPS) is 13.7. The van der Waals surface area contributed by atoms with Crippen LogP contribution in [-0.2, 0) is 12.8 Å². The van der Waals surface area contributed by atoms with Gasteiger partial charge in [0.2, 0.25) is 5.88 Å². The summed E-state index contributed by atoms with van der Waals surface area (Å²) in [6.45, 7) is 0. The van der Waals surface area contributed by atoms with E-state index >= 15 is 0 Å². The molecule has 1 aliphatic rings. The van der Waals surface area contributed by atoms with E-state index in [1.54, 1.807) is 19.2 Å². The SMILES string of the molecule is COc1c2c(nn1-c1ccc(Cl)cc1F)CCC2. The van der Waals surface area contributed by atoms with Crippen molar-refractivity contribution in [1.29, 1.82) is 0 Å². The number of fused-ring (bicyclic) bond motifs is 1. The first kappa shape index (κ1) is 11.5. The molecule has 5 heteroatoms. The molecule has 1 aromatic heterocycles. The lowest BCUT2D eigenvalue weighted by molar-refractivity contribution is 0.377. The van der Waals surface area contributed by atoms with Gasteiger partial charge in [-0.2, -0.15) is 9.78 Å². The molecule has 3 nitrogen and oxygen atoms in total. The van der Waals surface area contributed by atoms with Gasteiger partial charge in [0.25, 0.3) is 0 Å². The predicted octanol–water partition coefficient (Wildman–Crippen LogP) is 3.16. The highest BCUT2D eigenvalue weighted by Gasteiger charge is 2.24. The molecule has 1 heterocycles. The number of aromatic nitrogens is 2. The smallest absolute Gasteiger partial charge is 0.220 e. The van der Waals surface area contributed by atoms with Gasteiger partial charge >= 0.3 is 0 Å². The Morgan fingerprint density at radius 2 is 2.22 bits per heavy atom. The molecule has 0 unspecified atom stereocenters. The molecule has 0 aliphatic heterocycles. The second kappa shape index (κ2) is 4.28. The molecule has 0 fully saturated rings. The van der Waals surface area contributed by atoms with Crippen molar-refractivity contribution < 1.29 is 9.13 Å². The third kappa shape index (κ3) is 1.68.